The van der Waals surface area contributed by atoms with Crippen LogP contribution in [0.25, 0.3) is 0 Å². The molecule has 0 fully saturated rings. The molecule has 2 aromatic rings. The normalized spacial score (nSPS) is 12.8. The summed E-state index contributed by atoms with van der Waals surface area (Å²) in [6.45, 7) is 1.88. The first-order chi connectivity index (χ1) is 15.0. The average Bonchev–Trinajstić information content (AvgIpc) is 2.76. The number of hydrogen-bond acceptors (Lipinski definition) is 6. The molecule has 9 heteroatoms. The minimum Gasteiger partial charge on any atom is -0.385 e. The fourth-order valence-electron chi connectivity index (χ4n) is 3.76. The van der Waals surface area contributed by atoms with Crippen molar-refractivity contribution in [1.82, 2.24) is 15.3 Å². The molecule has 2 aromatic carbocycles. The van der Waals surface area contributed by atoms with Crippen molar-refractivity contribution >= 4 is 17.6 Å². The summed E-state index contributed by atoms with van der Waals surface area (Å²) in [6, 6.07) is 14.1. The third-order valence-corrected chi connectivity index (χ3v) is 5.31. The Morgan fingerprint density at radius 2 is 1.28 bits per heavy atom. The van der Waals surface area contributed by atoms with Gasteiger partial charge in [-0.25, -0.2) is 11.4 Å². The van der Waals surface area contributed by atoms with Gasteiger partial charge in [0.15, 0.2) is 0 Å². The molecule has 2 amide bonds. The van der Waals surface area contributed by atoms with Gasteiger partial charge in [0.05, 0.1) is 5.41 Å². The molecule has 0 unspecified atom stereocenters. The molecule has 172 valence electrons. The maximum Gasteiger partial charge on any atom is 0.253 e. The van der Waals surface area contributed by atoms with Crippen LogP contribution in [0, 0.1) is 0 Å². The number of hydrazine groups is 1. The number of carbonyl (C=O) groups is 2. The highest BCUT2D eigenvalue weighted by Gasteiger charge is 2.40. The second-order valence-corrected chi connectivity index (χ2v) is 8.27. The second kappa shape index (κ2) is 10.3. The standard InChI is InChI=1S/C23H33N7O2/c1-15(24)14-23(22(25)27-28-26,18-10-6-16(7-11-18)20(31)29(2)3)19-12-8-17(9-13-19)21(32)30(4)5/h6-13,15,28H,14,24,26H2,1-5H3,(H2,25,27)/t15-/m1/s1. The van der Waals surface area contributed by atoms with Crippen LogP contribution in [0.3, 0.4) is 0 Å². The zero-order chi connectivity index (χ0) is 24.1. The lowest BCUT2D eigenvalue weighted by molar-refractivity contribution is 0.0820. The van der Waals surface area contributed by atoms with E-state index in [0.717, 1.165) is 11.1 Å². The van der Waals surface area contributed by atoms with E-state index in [1.165, 1.54) is 9.80 Å². The quantitative estimate of drug-likeness (QED) is 0.208. The number of hydrazone groups is 1. The van der Waals surface area contributed by atoms with E-state index >= 15 is 0 Å². The van der Waals surface area contributed by atoms with Crippen LogP contribution in [-0.2, 0) is 5.41 Å². The van der Waals surface area contributed by atoms with Crippen molar-refractivity contribution in [2.24, 2.45) is 22.4 Å². The zero-order valence-corrected chi connectivity index (χ0v) is 19.3. The van der Waals surface area contributed by atoms with Crippen LogP contribution < -0.4 is 22.8 Å². The van der Waals surface area contributed by atoms with Crippen molar-refractivity contribution in [2.75, 3.05) is 28.2 Å². The highest BCUT2D eigenvalue weighted by atomic mass is 16.2. The van der Waals surface area contributed by atoms with Gasteiger partial charge in [0.25, 0.3) is 11.8 Å². The second-order valence-electron chi connectivity index (χ2n) is 8.27. The molecule has 0 bridgehead atoms. The maximum absolute atomic E-state index is 12.3. The summed E-state index contributed by atoms with van der Waals surface area (Å²) in [5.74, 6) is 5.47. The Morgan fingerprint density at radius 1 is 0.906 bits per heavy atom. The van der Waals surface area contributed by atoms with Gasteiger partial charge in [0.2, 0.25) is 0 Å². The summed E-state index contributed by atoms with van der Waals surface area (Å²) < 4.78 is 0. The van der Waals surface area contributed by atoms with Crippen molar-refractivity contribution in [3.63, 3.8) is 0 Å². The molecule has 0 aliphatic carbocycles. The van der Waals surface area contributed by atoms with Crippen LogP contribution in [0.1, 0.15) is 45.2 Å². The van der Waals surface area contributed by atoms with Crippen LogP contribution in [0.5, 0.6) is 0 Å². The SMILES string of the molecule is C[C@@H](N)CC(/C(N)=N/NN)(c1ccc(C(=O)N(C)C)cc1)c1ccc(C(=O)N(C)C)cc1. The van der Waals surface area contributed by atoms with Gasteiger partial charge in [-0.2, -0.15) is 5.10 Å². The molecule has 0 saturated heterocycles. The largest absolute Gasteiger partial charge is 0.385 e. The third kappa shape index (κ3) is 5.06. The number of nitrogens with one attached hydrogen (secondary N) is 1. The number of benzene rings is 2. The highest BCUT2D eigenvalue weighted by molar-refractivity contribution is 5.98. The fourth-order valence-corrected chi connectivity index (χ4v) is 3.76. The summed E-state index contributed by atoms with van der Waals surface area (Å²) in [5.41, 5.74) is 16.7. The molecule has 0 spiro atoms. The van der Waals surface area contributed by atoms with Crippen molar-refractivity contribution in [2.45, 2.75) is 24.8 Å². The summed E-state index contributed by atoms with van der Waals surface area (Å²) in [6.07, 6.45) is 0.423. The summed E-state index contributed by atoms with van der Waals surface area (Å²) in [4.78, 5) is 27.7. The van der Waals surface area contributed by atoms with Crippen LogP contribution in [0.4, 0.5) is 0 Å². The summed E-state index contributed by atoms with van der Waals surface area (Å²) >= 11 is 0. The predicted molar refractivity (Wildman–Crippen MR) is 127 cm³/mol. The predicted octanol–water partition coefficient (Wildman–Crippen LogP) is 0.849. The van der Waals surface area contributed by atoms with Crippen molar-refractivity contribution < 1.29 is 9.59 Å². The zero-order valence-electron chi connectivity index (χ0n) is 19.3. The van der Waals surface area contributed by atoms with Gasteiger partial charge in [-0.3, -0.25) is 9.59 Å². The van der Waals surface area contributed by atoms with Gasteiger partial charge in [0.1, 0.15) is 5.84 Å². The van der Waals surface area contributed by atoms with E-state index in [2.05, 4.69) is 10.6 Å². The van der Waals surface area contributed by atoms with E-state index in [4.69, 9.17) is 17.3 Å². The molecule has 9 nitrogen and oxygen atoms in total. The van der Waals surface area contributed by atoms with Crippen LogP contribution in [-0.4, -0.2) is 61.7 Å². The smallest absolute Gasteiger partial charge is 0.253 e. The average molecular weight is 440 g/mol. The molecule has 0 saturated carbocycles. The molecule has 0 aromatic heterocycles. The molecular formula is C23H33N7O2. The maximum atomic E-state index is 12.3. The molecule has 1 atom stereocenters. The monoisotopic (exact) mass is 439 g/mol. The van der Waals surface area contributed by atoms with Gasteiger partial charge in [-0.1, -0.05) is 24.3 Å². The topological polar surface area (TPSA) is 143 Å². The third-order valence-electron chi connectivity index (χ3n) is 5.31. The first-order valence-corrected chi connectivity index (χ1v) is 10.2. The Labute approximate surface area is 189 Å². The number of nitrogens with zero attached hydrogens (tertiary/aromatic N) is 3. The molecule has 32 heavy (non-hydrogen) atoms. The lowest BCUT2D eigenvalue weighted by atomic mass is 9.69. The van der Waals surface area contributed by atoms with E-state index in [0.29, 0.717) is 17.5 Å². The van der Waals surface area contributed by atoms with Crippen molar-refractivity contribution in [3.05, 3.63) is 70.8 Å². The molecule has 0 heterocycles. The van der Waals surface area contributed by atoms with E-state index < -0.39 is 5.41 Å². The van der Waals surface area contributed by atoms with Gasteiger partial charge in [-0.15, -0.1) is 0 Å². The fraction of sp³-hybridized carbons (Fsp3) is 0.348. The first kappa shape index (κ1) is 24.8. The van der Waals surface area contributed by atoms with E-state index in [1.807, 2.05) is 31.2 Å². The van der Waals surface area contributed by atoms with Gasteiger partial charge in [0, 0.05) is 45.4 Å². The van der Waals surface area contributed by atoms with Gasteiger partial charge in [-0.05, 0) is 48.7 Å². The number of nitrogens with two attached hydrogens (primary N) is 3. The number of carbonyl (C=O) groups excluding carboxylic acids is 2. The van der Waals surface area contributed by atoms with Crippen molar-refractivity contribution in [3.8, 4) is 0 Å². The minimum absolute atomic E-state index is 0.105. The van der Waals surface area contributed by atoms with Crippen LogP contribution in [0.2, 0.25) is 0 Å². The van der Waals surface area contributed by atoms with Gasteiger partial charge >= 0.3 is 0 Å². The minimum atomic E-state index is -0.931. The van der Waals surface area contributed by atoms with Crippen LogP contribution >= 0.6 is 0 Å². The summed E-state index contributed by atoms with van der Waals surface area (Å²) in [5, 5.41) is 4.09. The molecule has 0 aliphatic heterocycles. The Balaban J connectivity index is 2.70. The Morgan fingerprint density at radius 3 is 1.56 bits per heavy atom. The van der Waals surface area contributed by atoms with Crippen molar-refractivity contribution in [1.29, 1.82) is 0 Å². The van der Waals surface area contributed by atoms with E-state index in [9.17, 15) is 9.59 Å². The number of amides is 2. The first-order valence-electron chi connectivity index (χ1n) is 10.2. The molecule has 7 N–H and O–H groups in total. The number of hydrogen-bond donors (Lipinski definition) is 4. The molecular weight excluding hydrogens is 406 g/mol. The Bertz CT molecular complexity index is 901. The Kier molecular flexibility index (Phi) is 7.96. The molecule has 0 aliphatic rings. The van der Waals surface area contributed by atoms with E-state index in [-0.39, 0.29) is 23.7 Å². The number of amidine groups is 1. The lowest BCUT2D eigenvalue weighted by Gasteiger charge is -2.36. The summed E-state index contributed by atoms with van der Waals surface area (Å²) in [7, 11) is 6.80. The van der Waals surface area contributed by atoms with Crippen LogP contribution in [0.15, 0.2) is 53.6 Å². The molecule has 2 rings (SSSR count). The van der Waals surface area contributed by atoms with E-state index in [1.54, 1.807) is 52.5 Å². The number of rotatable bonds is 8. The lowest BCUT2D eigenvalue weighted by Crippen LogP contribution is -2.47. The van der Waals surface area contributed by atoms with Gasteiger partial charge < -0.3 is 21.3 Å². The Hall–Kier alpha value is -3.43. The molecule has 0 radical (unpaired) electrons. The highest BCUT2D eigenvalue weighted by Crippen LogP contribution is 2.37.